The molecule has 19 heavy (non-hydrogen) atoms. The lowest BCUT2D eigenvalue weighted by Gasteiger charge is -2.30. The van der Waals surface area contributed by atoms with Gasteiger partial charge in [-0.2, -0.15) is 0 Å². The zero-order valence-electron chi connectivity index (χ0n) is 13.6. The monoisotopic (exact) mass is 268 g/mol. The molecule has 1 amide bonds. The predicted molar refractivity (Wildman–Crippen MR) is 80.9 cm³/mol. The molecule has 1 aliphatic rings. The van der Waals surface area contributed by atoms with Crippen LogP contribution >= 0.6 is 0 Å². The quantitative estimate of drug-likeness (QED) is 0.766. The van der Waals surface area contributed by atoms with Crippen molar-refractivity contribution in [3.05, 3.63) is 0 Å². The Balaban J connectivity index is 2.66. The number of nitrogens with one attached hydrogen (secondary N) is 1. The van der Waals surface area contributed by atoms with Gasteiger partial charge in [-0.05, 0) is 39.0 Å². The highest BCUT2D eigenvalue weighted by atomic mass is 16.2. The molecule has 1 fully saturated rings. The first-order valence-corrected chi connectivity index (χ1v) is 7.96. The van der Waals surface area contributed by atoms with E-state index in [1.807, 2.05) is 6.92 Å². The van der Waals surface area contributed by atoms with Gasteiger partial charge in [-0.15, -0.1) is 0 Å². The van der Waals surface area contributed by atoms with Crippen LogP contribution in [0, 0.1) is 5.92 Å². The Hall–Kier alpha value is -0.570. The van der Waals surface area contributed by atoms with Crippen molar-refractivity contribution in [2.45, 2.75) is 91.4 Å². The summed E-state index contributed by atoms with van der Waals surface area (Å²) >= 11 is 0. The van der Waals surface area contributed by atoms with Crippen molar-refractivity contribution in [3.8, 4) is 0 Å². The molecule has 3 nitrogen and oxygen atoms in total. The maximum absolute atomic E-state index is 12.6. The van der Waals surface area contributed by atoms with Gasteiger partial charge in [-0.1, -0.05) is 40.5 Å². The molecule has 0 aromatic rings. The molecule has 1 aliphatic heterocycles. The maximum Gasteiger partial charge on any atom is 0.244 e. The zero-order chi connectivity index (χ0) is 14.6. The summed E-state index contributed by atoms with van der Waals surface area (Å²) in [5.74, 6) is 1.04. The Kier molecular flexibility index (Phi) is 5.84. The normalized spacial score (nSPS) is 29.3. The molecule has 0 aromatic carbocycles. The van der Waals surface area contributed by atoms with Crippen LogP contribution in [0.4, 0.5) is 0 Å². The zero-order valence-corrected chi connectivity index (χ0v) is 13.6. The standard InChI is InChI=1S/C16H32N2O/c1-7-14-17-16(6,8-2)15(19)18(14)13(5)11-9-10-12(3)4/h12-14,17H,7-11H2,1-6H3. The van der Waals surface area contributed by atoms with Gasteiger partial charge >= 0.3 is 0 Å². The average molecular weight is 268 g/mol. The van der Waals surface area contributed by atoms with Gasteiger partial charge in [0.1, 0.15) is 0 Å². The van der Waals surface area contributed by atoms with Crippen molar-refractivity contribution in [2.75, 3.05) is 0 Å². The number of nitrogens with zero attached hydrogens (tertiary/aromatic N) is 1. The van der Waals surface area contributed by atoms with E-state index in [0.29, 0.717) is 11.9 Å². The van der Waals surface area contributed by atoms with Gasteiger partial charge in [0.25, 0.3) is 0 Å². The number of carbonyl (C=O) groups is 1. The second kappa shape index (κ2) is 6.74. The van der Waals surface area contributed by atoms with E-state index in [9.17, 15) is 4.79 Å². The van der Waals surface area contributed by atoms with Crippen molar-refractivity contribution < 1.29 is 4.79 Å². The van der Waals surface area contributed by atoms with Crippen LogP contribution in [-0.4, -0.2) is 28.6 Å². The fourth-order valence-corrected chi connectivity index (χ4v) is 2.95. The summed E-state index contributed by atoms with van der Waals surface area (Å²) in [4.78, 5) is 14.7. The first-order chi connectivity index (χ1) is 8.85. The highest BCUT2D eigenvalue weighted by Crippen LogP contribution is 2.28. The van der Waals surface area contributed by atoms with Gasteiger partial charge in [0.15, 0.2) is 0 Å². The van der Waals surface area contributed by atoms with Crippen molar-refractivity contribution in [3.63, 3.8) is 0 Å². The molecule has 3 atom stereocenters. The number of rotatable bonds is 7. The van der Waals surface area contributed by atoms with Crippen molar-refractivity contribution >= 4 is 5.91 Å². The Labute approximate surface area is 119 Å². The molecule has 1 rings (SSSR count). The van der Waals surface area contributed by atoms with Gasteiger partial charge in [0, 0.05) is 6.04 Å². The molecule has 3 heteroatoms. The second-order valence-electron chi connectivity index (χ2n) is 6.64. The van der Waals surface area contributed by atoms with Crippen LogP contribution in [0.3, 0.4) is 0 Å². The minimum Gasteiger partial charge on any atom is -0.323 e. The molecular weight excluding hydrogens is 236 g/mol. The lowest BCUT2D eigenvalue weighted by atomic mass is 9.98. The minimum absolute atomic E-state index is 0.214. The molecule has 1 heterocycles. The number of hydrogen-bond donors (Lipinski definition) is 1. The summed E-state index contributed by atoms with van der Waals surface area (Å²) in [7, 11) is 0. The molecule has 0 saturated carbocycles. The lowest BCUT2D eigenvalue weighted by molar-refractivity contribution is -0.135. The minimum atomic E-state index is -0.354. The number of carbonyl (C=O) groups excluding carboxylic acids is 1. The van der Waals surface area contributed by atoms with Crippen LogP contribution in [0.2, 0.25) is 0 Å². The highest BCUT2D eigenvalue weighted by Gasteiger charge is 2.47. The van der Waals surface area contributed by atoms with Crippen LogP contribution in [0.5, 0.6) is 0 Å². The summed E-state index contributed by atoms with van der Waals surface area (Å²) in [6.07, 6.45) is 5.63. The molecule has 1 saturated heterocycles. The molecule has 1 N–H and O–H groups in total. The first-order valence-electron chi connectivity index (χ1n) is 7.96. The number of hydrogen-bond acceptors (Lipinski definition) is 2. The molecular formula is C16H32N2O. The van der Waals surface area contributed by atoms with Crippen LogP contribution in [0.15, 0.2) is 0 Å². The Morgan fingerprint density at radius 3 is 2.37 bits per heavy atom. The van der Waals surface area contributed by atoms with Gasteiger partial charge < -0.3 is 4.90 Å². The smallest absolute Gasteiger partial charge is 0.244 e. The first kappa shape index (κ1) is 16.5. The summed E-state index contributed by atoms with van der Waals surface area (Å²) in [6.45, 7) is 13.0. The largest absolute Gasteiger partial charge is 0.323 e. The van der Waals surface area contributed by atoms with Crippen LogP contribution in [0.25, 0.3) is 0 Å². The van der Waals surface area contributed by atoms with E-state index in [1.54, 1.807) is 0 Å². The lowest BCUT2D eigenvalue weighted by Crippen LogP contribution is -2.44. The van der Waals surface area contributed by atoms with E-state index in [1.165, 1.54) is 12.8 Å². The summed E-state index contributed by atoms with van der Waals surface area (Å²) in [5, 5.41) is 3.52. The highest BCUT2D eigenvalue weighted by molar-refractivity contribution is 5.88. The van der Waals surface area contributed by atoms with E-state index in [0.717, 1.165) is 25.2 Å². The van der Waals surface area contributed by atoms with Crippen molar-refractivity contribution in [2.24, 2.45) is 5.92 Å². The van der Waals surface area contributed by atoms with Crippen molar-refractivity contribution in [1.82, 2.24) is 10.2 Å². The van der Waals surface area contributed by atoms with Gasteiger partial charge in [0.05, 0.1) is 11.7 Å². The second-order valence-corrected chi connectivity index (χ2v) is 6.64. The van der Waals surface area contributed by atoms with E-state index < -0.39 is 0 Å². The third kappa shape index (κ3) is 3.71. The van der Waals surface area contributed by atoms with E-state index >= 15 is 0 Å². The Morgan fingerprint density at radius 2 is 1.89 bits per heavy atom. The average Bonchev–Trinajstić information content (AvgIpc) is 2.62. The fraction of sp³-hybridized carbons (Fsp3) is 0.938. The maximum atomic E-state index is 12.6. The van der Waals surface area contributed by atoms with Crippen LogP contribution in [-0.2, 0) is 4.79 Å². The van der Waals surface area contributed by atoms with Crippen LogP contribution < -0.4 is 5.32 Å². The molecule has 0 radical (unpaired) electrons. The third-order valence-electron chi connectivity index (χ3n) is 4.50. The summed E-state index contributed by atoms with van der Waals surface area (Å²) in [6, 6.07) is 0.345. The predicted octanol–water partition coefficient (Wildman–Crippen LogP) is 3.54. The van der Waals surface area contributed by atoms with E-state index in [2.05, 4.69) is 44.8 Å². The topological polar surface area (TPSA) is 32.3 Å². The van der Waals surface area contributed by atoms with E-state index in [-0.39, 0.29) is 11.7 Å². The SMILES string of the molecule is CCC1NC(C)(CC)C(=O)N1C(C)CCCC(C)C. The number of amides is 1. The summed E-state index contributed by atoms with van der Waals surface area (Å²) in [5.41, 5.74) is -0.354. The van der Waals surface area contributed by atoms with Crippen LogP contribution in [0.1, 0.15) is 73.6 Å². The molecule has 0 bridgehead atoms. The Bertz CT molecular complexity index is 303. The van der Waals surface area contributed by atoms with Gasteiger partial charge in [-0.25, -0.2) is 0 Å². The fourth-order valence-electron chi connectivity index (χ4n) is 2.95. The molecule has 3 unspecified atom stereocenters. The van der Waals surface area contributed by atoms with Crippen molar-refractivity contribution in [1.29, 1.82) is 0 Å². The molecule has 112 valence electrons. The van der Waals surface area contributed by atoms with E-state index in [4.69, 9.17) is 0 Å². The molecule has 0 aliphatic carbocycles. The van der Waals surface area contributed by atoms with Gasteiger partial charge in [0.2, 0.25) is 5.91 Å². The third-order valence-corrected chi connectivity index (χ3v) is 4.50. The molecule has 0 aromatic heterocycles. The van der Waals surface area contributed by atoms with Gasteiger partial charge in [-0.3, -0.25) is 10.1 Å². The molecule has 0 spiro atoms. The summed E-state index contributed by atoms with van der Waals surface area (Å²) < 4.78 is 0. The Morgan fingerprint density at radius 1 is 1.26 bits per heavy atom.